The molecule has 5 heterocycles. The van der Waals surface area contributed by atoms with Crippen LogP contribution in [0.25, 0.3) is 11.2 Å². The first-order chi connectivity index (χ1) is 17.5. The quantitative estimate of drug-likeness (QED) is 0.250. The average Bonchev–Trinajstić information content (AvgIpc) is 3.47. The van der Waals surface area contributed by atoms with E-state index in [4.69, 9.17) is 41.0 Å². The van der Waals surface area contributed by atoms with Crippen molar-refractivity contribution in [3.8, 4) is 0 Å². The van der Waals surface area contributed by atoms with Gasteiger partial charge in [0.15, 0.2) is 5.65 Å². The van der Waals surface area contributed by atoms with Crippen molar-refractivity contribution in [2.75, 3.05) is 23.8 Å². The fourth-order valence-electron chi connectivity index (χ4n) is 4.34. The van der Waals surface area contributed by atoms with Gasteiger partial charge in [-0.3, -0.25) is 18.1 Å². The first-order valence-electron chi connectivity index (χ1n) is 11.4. The van der Waals surface area contributed by atoms with Gasteiger partial charge in [-0.2, -0.15) is 4.98 Å². The first kappa shape index (κ1) is 24.8. The SMILES string of the molecule is Nc1nc2c(ncn2[C@H]2C[C@@H]3O[P@](=O)(O[C@H]4CSSC[C@@H]4OCc4ccccc4)OC[C@H]3O2)c(=S)[nH]1. The number of anilines is 1. The maximum atomic E-state index is 13.5. The minimum Gasteiger partial charge on any atom is -0.370 e. The second kappa shape index (κ2) is 10.4. The zero-order valence-corrected chi connectivity index (χ0v) is 22.3. The van der Waals surface area contributed by atoms with E-state index >= 15 is 0 Å². The predicted molar refractivity (Wildman–Crippen MR) is 139 cm³/mol. The average molecular weight is 570 g/mol. The summed E-state index contributed by atoms with van der Waals surface area (Å²) in [6, 6.07) is 9.92. The van der Waals surface area contributed by atoms with Gasteiger partial charge in [-0.1, -0.05) is 64.1 Å². The molecule has 3 N–H and O–H groups in total. The monoisotopic (exact) mass is 569 g/mol. The number of benzene rings is 1. The maximum absolute atomic E-state index is 13.5. The summed E-state index contributed by atoms with van der Waals surface area (Å²) in [5.74, 6) is 1.52. The lowest BCUT2D eigenvalue weighted by molar-refractivity contribution is -0.0850. The van der Waals surface area contributed by atoms with Gasteiger partial charge in [-0.05, 0) is 5.56 Å². The van der Waals surface area contributed by atoms with E-state index in [0.29, 0.717) is 40.3 Å². The topological polar surface area (TPSA) is 136 Å². The van der Waals surface area contributed by atoms with Crippen LogP contribution in [0.15, 0.2) is 36.7 Å². The second-order valence-electron chi connectivity index (χ2n) is 8.57. The molecule has 11 nitrogen and oxygen atoms in total. The minimum absolute atomic E-state index is 0.0882. The smallest absolute Gasteiger partial charge is 0.370 e. The van der Waals surface area contributed by atoms with Crippen molar-refractivity contribution in [2.24, 2.45) is 0 Å². The van der Waals surface area contributed by atoms with Gasteiger partial charge in [0, 0.05) is 17.9 Å². The molecule has 3 aromatic rings. The van der Waals surface area contributed by atoms with Crippen molar-refractivity contribution < 1.29 is 27.6 Å². The van der Waals surface area contributed by atoms with Crippen LogP contribution in [0.2, 0.25) is 0 Å². The molecule has 0 amide bonds. The van der Waals surface area contributed by atoms with E-state index in [2.05, 4.69) is 15.0 Å². The van der Waals surface area contributed by atoms with Crippen molar-refractivity contribution in [1.29, 1.82) is 0 Å². The Morgan fingerprint density at radius 2 is 2.03 bits per heavy atom. The zero-order valence-electron chi connectivity index (χ0n) is 18.9. The molecule has 3 aliphatic rings. The number of nitrogen functional groups attached to an aromatic ring is 1. The van der Waals surface area contributed by atoms with Gasteiger partial charge in [0.2, 0.25) is 5.95 Å². The van der Waals surface area contributed by atoms with Crippen molar-refractivity contribution in [1.82, 2.24) is 19.5 Å². The molecule has 6 atom stereocenters. The highest BCUT2D eigenvalue weighted by Gasteiger charge is 2.49. The third-order valence-electron chi connectivity index (χ3n) is 6.14. The summed E-state index contributed by atoms with van der Waals surface area (Å²) in [4.78, 5) is 11.4. The Balaban J connectivity index is 1.12. The number of hydrogen-bond donors (Lipinski definition) is 2. The molecule has 1 aromatic carbocycles. The zero-order chi connectivity index (χ0) is 24.7. The Morgan fingerprint density at radius 3 is 2.86 bits per heavy atom. The van der Waals surface area contributed by atoms with E-state index < -0.39 is 32.4 Å². The number of phosphoric acid groups is 1. The normalized spacial score (nSPS) is 32.5. The molecule has 2 aromatic heterocycles. The molecule has 0 unspecified atom stereocenters. The summed E-state index contributed by atoms with van der Waals surface area (Å²) >= 11 is 5.29. The number of fused-ring (bicyclic) bond motifs is 2. The van der Waals surface area contributed by atoms with Gasteiger partial charge in [0.25, 0.3) is 0 Å². The third-order valence-corrected chi connectivity index (χ3v) is 10.4. The van der Waals surface area contributed by atoms with Gasteiger partial charge in [0.1, 0.15) is 34.7 Å². The molecule has 6 rings (SSSR count). The molecular formula is C21H24N5O6PS3. The summed E-state index contributed by atoms with van der Waals surface area (Å²) in [6.07, 6.45) is 0.0263. The van der Waals surface area contributed by atoms with E-state index in [9.17, 15) is 4.57 Å². The number of aromatic nitrogens is 4. The highest BCUT2D eigenvalue weighted by molar-refractivity contribution is 8.76. The molecule has 0 bridgehead atoms. The van der Waals surface area contributed by atoms with Gasteiger partial charge >= 0.3 is 7.82 Å². The number of H-pyrrole nitrogens is 1. The molecule has 0 spiro atoms. The summed E-state index contributed by atoms with van der Waals surface area (Å²) in [5.41, 5.74) is 7.93. The van der Waals surface area contributed by atoms with Crippen LogP contribution in [-0.4, -0.2) is 62.0 Å². The lowest BCUT2D eigenvalue weighted by Gasteiger charge is -2.35. The summed E-state index contributed by atoms with van der Waals surface area (Å²) < 4.78 is 45.4. The summed E-state index contributed by atoms with van der Waals surface area (Å²) in [5, 5.41) is 0. The van der Waals surface area contributed by atoms with Crippen molar-refractivity contribution in [3.63, 3.8) is 0 Å². The number of aromatic amines is 1. The van der Waals surface area contributed by atoms with Gasteiger partial charge in [0.05, 0.1) is 25.6 Å². The number of ether oxygens (including phenoxy) is 2. The number of hydrogen-bond acceptors (Lipinski definition) is 12. The molecule has 3 saturated heterocycles. The van der Waals surface area contributed by atoms with Gasteiger partial charge in [-0.25, -0.2) is 9.55 Å². The highest BCUT2D eigenvalue weighted by atomic mass is 33.1. The lowest BCUT2D eigenvalue weighted by atomic mass is 10.2. The van der Waals surface area contributed by atoms with Crippen LogP contribution in [0, 0.1) is 4.64 Å². The number of rotatable bonds is 6. The van der Waals surface area contributed by atoms with Gasteiger partial charge in [-0.15, -0.1) is 0 Å². The number of nitrogens with one attached hydrogen (secondary N) is 1. The largest absolute Gasteiger partial charge is 0.475 e. The molecule has 15 heteroatoms. The third kappa shape index (κ3) is 5.11. The molecule has 3 aliphatic heterocycles. The van der Waals surface area contributed by atoms with E-state index in [-0.39, 0.29) is 18.7 Å². The number of nitrogens with zero attached hydrogens (tertiary/aromatic N) is 3. The molecule has 3 fully saturated rings. The van der Waals surface area contributed by atoms with Crippen LogP contribution in [0.5, 0.6) is 0 Å². The fourth-order valence-corrected chi connectivity index (χ4v) is 8.73. The highest BCUT2D eigenvalue weighted by Crippen LogP contribution is 2.58. The van der Waals surface area contributed by atoms with Crippen LogP contribution in [-0.2, 0) is 34.2 Å². The Labute approximate surface area is 219 Å². The van der Waals surface area contributed by atoms with Crippen LogP contribution in [0.1, 0.15) is 18.2 Å². The number of nitrogens with two attached hydrogens (primary N) is 1. The lowest BCUT2D eigenvalue weighted by Crippen LogP contribution is -2.40. The minimum atomic E-state index is -3.82. The van der Waals surface area contributed by atoms with Crippen LogP contribution >= 0.6 is 41.6 Å². The molecule has 0 saturated carbocycles. The van der Waals surface area contributed by atoms with Gasteiger partial charge < -0.3 is 20.2 Å². The Hall–Kier alpha value is -1.48. The second-order valence-corrected chi connectivity index (χ2v) is 13.1. The van der Waals surface area contributed by atoms with Crippen LogP contribution in [0.4, 0.5) is 5.95 Å². The number of phosphoric ester groups is 1. The maximum Gasteiger partial charge on any atom is 0.475 e. The molecule has 0 aliphatic carbocycles. The Bertz CT molecular complexity index is 1340. The molecule has 36 heavy (non-hydrogen) atoms. The van der Waals surface area contributed by atoms with E-state index in [1.165, 1.54) is 0 Å². The summed E-state index contributed by atoms with van der Waals surface area (Å²) in [7, 11) is -0.456. The standard InChI is InChI=1S/C21H24N5O6PS3/c22-21-24-19-18(20(34)25-21)23-11-26(19)17-6-13-14(30-17)8-29-33(27,31-13)32-16-10-36-35-9-15(16)28-7-12-4-2-1-3-5-12/h1-5,11,13-17H,6-10H2,(H3,22,24,25,34)/t13-,14+,15-,16-,17+,33+/m0/s1. The Morgan fingerprint density at radius 1 is 1.22 bits per heavy atom. The Kier molecular flexibility index (Phi) is 7.14. The molecule has 192 valence electrons. The van der Waals surface area contributed by atoms with E-state index in [1.54, 1.807) is 32.5 Å². The van der Waals surface area contributed by atoms with Crippen molar-refractivity contribution in [2.45, 2.75) is 43.7 Å². The molecule has 0 radical (unpaired) electrons. The van der Waals surface area contributed by atoms with Crippen molar-refractivity contribution >= 4 is 58.7 Å². The van der Waals surface area contributed by atoms with E-state index in [1.807, 2.05) is 30.3 Å². The van der Waals surface area contributed by atoms with E-state index in [0.717, 1.165) is 5.56 Å². The molecular weight excluding hydrogens is 545 g/mol. The van der Waals surface area contributed by atoms with Crippen LogP contribution in [0.3, 0.4) is 0 Å². The van der Waals surface area contributed by atoms with Crippen molar-refractivity contribution in [3.05, 3.63) is 46.9 Å². The first-order valence-corrected chi connectivity index (χ1v) is 15.7. The fraction of sp³-hybridized carbons (Fsp3) is 0.476. The van der Waals surface area contributed by atoms with Crippen LogP contribution < -0.4 is 5.73 Å². The number of imidazole rings is 1. The predicted octanol–water partition coefficient (Wildman–Crippen LogP) is 4.25. The summed E-state index contributed by atoms with van der Waals surface area (Å²) in [6.45, 7) is 0.537.